The van der Waals surface area contributed by atoms with Crippen molar-refractivity contribution < 1.29 is 9.50 Å². The zero-order chi connectivity index (χ0) is 10.7. The topological polar surface area (TPSA) is 59.1 Å². The molecule has 78 valence electrons. The predicted octanol–water partition coefficient (Wildman–Crippen LogP) is 1.91. The van der Waals surface area contributed by atoms with Gasteiger partial charge in [-0.15, -0.1) is 0 Å². The van der Waals surface area contributed by atoms with E-state index in [-0.39, 0.29) is 22.4 Å². The molecule has 1 heterocycles. The zero-order valence-corrected chi connectivity index (χ0v) is 8.69. The first-order chi connectivity index (χ1) is 6.56. The van der Waals surface area contributed by atoms with Gasteiger partial charge in [0.25, 0.3) is 0 Å². The number of aliphatic hydroxyl groups excluding tert-OH is 1. The van der Waals surface area contributed by atoms with Gasteiger partial charge >= 0.3 is 0 Å². The van der Waals surface area contributed by atoms with E-state index in [1.165, 1.54) is 0 Å². The molecule has 0 aliphatic carbocycles. The van der Waals surface area contributed by atoms with E-state index in [1.807, 2.05) is 0 Å². The largest absolute Gasteiger partial charge is 0.388 e. The normalized spacial score (nSPS) is 12.9. The minimum Gasteiger partial charge on any atom is -0.388 e. The van der Waals surface area contributed by atoms with Crippen molar-refractivity contribution in [2.45, 2.75) is 12.5 Å². The predicted molar refractivity (Wildman–Crippen MR) is 52.8 cm³/mol. The van der Waals surface area contributed by atoms with E-state index in [4.69, 9.17) is 28.9 Å². The van der Waals surface area contributed by atoms with E-state index in [1.54, 1.807) is 0 Å². The van der Waals surface area contributed by atoms with Crippen LogP contribution in [0.5, 0.6) is 0 Å². The van der Waals surface area contributed by atoms with Crippen LogP contribution in [-0.4, -0.2) is 16.6 Å². The lowest BCUT2D eigenvalue weighted by Crippen LogP contribution is -2.08. The average molecular weight is 239 g/mol. The van der Waals surface area contributed by atoms with Crippen LogP contribution in [0.25, 0.3) is 0 Å². The van der Waals surface area contributed by atoms with Crippen LogP contribution in [0.15, 0.2) is 6.07 Å². The second-order valence-corrected chi connectivity index (χ2v) is 3.45. The Bertz CT molecular complexity index is 335. The number of aromatic nitrogens is 1. The number of aliphatic hydroxyl groups is 1. The van der Waals surface area contributed by atoms with Crippen molar-refractivity contribution in [2.24, 2.45) is 5.73 Å². The molecule has 3 nitrogen and oxygen atoms in total. The Hall–Kier alpha value is -0.420. The van der Waals surface area contributed by atoms with Gasteiger partial charge in [0, 0.05) is 5.56 Å². The molecule has 1 atom stereocenters. The summed E-state index contributed by atoms with van der Waals surface area (Å²) < 4.78 is 13.0. The van der Waals surface area contributed by atoms with Crippen molar-refractivity contribution in [1.82, 2.24) is 4.98 Å². The number of hydrogen-bond donors (Lipinski definition) is 2. The fourth-order valence-corrected chi connectivity index (χ4v) is 1.45. The van der Waals surface area contributed by atoms with Gasteiger partial charge in [-0.25, -0.2) is 9.37 Å². The first-order valence-corrected chi connectivity index (χ1v) is 4.71. The molecule has 0 spiro atoms. The van der Waals surface area contributed by atoms with Crippen molar-refractivity contribution in [2.75, 3.05) is 6.54 Å². The molecule has 0 bridgehead atoms. The fraction of sp³-hybridized carbons (Fsp3) is 0.375. The quantitative estimate of drug-likeness (QED) is 0.792. The molecule has 3 N–H and O–H groups in total. The van der Waals surface area contributed by atoms with Crippen LogP contribution >= 0.6 is 23.2 Å². The van der Waals surface area contributed by atoms with Gasteiger partial charge in [0.15, 0.2) is 11.0 Å². The standard InChI is InChI=1S/C8H9Cl2FN2O/c9-7-4(6(14)1-2-12)3-5(11)8(10)13-7/h3,6,14H,1-2,12H2/t6-/m1/s1. The maximum absolute atomic E-state index is 13.0. The molecule has 6 heteroatoms. The zero-order valence-electron chi connectivity index (χ0n) is 7.17. The van der Waals surface area contributed by atoms with Gasteiger partial charge < -0.3 is 10.8 Å². The highest BCUT2D eigenvalue weighted by Gasteiger charge is 2.15. The Kier molecular flexibility index (Phi) is 4.07. The van der Waals surface area contributed by atoms with Gasteiger partial charge in [0.05, 0.1) is 6.10 Å². The van der Waals surface area contributed by atoms with Gasteiger partial charge in [-0.3, -0.25) is 0 Å². The van der Waals surface area contributed by atoms with E-state index in [0.717, 1.165) is 6.07 Å². The second-order valence-electron chi connectivity index (χ2n) is 2.73. The third kappa shape index (κ3) is 2.54. The van der Waals surface area contributed by atoms with Crippen LogP contribution in [0, 0.1) is 5.82 Å². The summed E-state index contributed by atoms with van der Waals surface area (Å²) in [5, 5.41) is 9.19. The van der Waals surface area contributed by atoms with Gasteiger partial charge in [-0.2, -0.15) is 0 Å². The van der Waals surface area contributed by atoms with Crippen molar-refractivity contribution in [3.8, 4) is 0 Å². The third-order valence-electron chi connectivity index (χ3n) is 1.71. The SMILES string of the molecule is NCC[C@@H](O)c1cc(F)c(Cl)nc1Cl. The van der Waals surface area contributed by atoms with E-state index in [0.29, 0.717) is 6.42 Å². The molecular weight excluding hydrogens is 230 g/mol. The van der Waals surface area contributed by atoms with Crippen LogP contribution < -0.4 is 5.73 Å². The Morgan fingerprint density at radius 2 is 2.14 bits per heavy atom. The number of nitrogens with two attached hydrogens (primary N) is 1. The van der Waals surface area contributed by atoms with Crippen LogP contribution in [0.3, 0.4) is 0 Å². The van der Waals surface area contributed by atoms with Gasteiger partial charge in [0.1, 0.15) is 5.15 Å². The van der Waals surface area contributed by atoms with Crippen LogP contribution in [-0.2, 0) is 0 Å². The number of halogens is 3. The van der Waals surface area contributed by atoms with Crippen molar-refractivity contribution in [3.05, 3.63) is 27.8 Å². The number of nitrogens with zero attached hydrogens (tertiary/aromatic N) is 1. The second kappa shape index (κ2) is 4.89. The Labute approximate surface area is 90.7 Å². The first-order valence-electron chi connectivity index (χ1n) is 3.95. The van der Waals surface area contributed by atoms with Gasteiger partial charge in [0.2, 0.25) is 0 Å². The lowest BCUT2D eigenvalue weighted by molar-refractivity contribution is 0.169. The lowest BCUT2D eigenvalue weighted by atomic mass is 10.1. The maximum atomic E-state index is 13.0. The van der Waals surface area contributed by atoms with Gasteiger partial charge in [-0.1, -0.05) is 23.2 Å². The smallest absolute Gasteiger partial charge is 0.166 e. The van der Waals surface area contributed by atoms with Crippen LogP contribution in [0.1, 0.15) is 18.1 Å². The van der Waals surface area contributed by atoms with E-state index in [9.17, 15) is 9.50 Å². The molecule has 0 unspecified atom stereocenters. The van der Waals surface area contributed by atoms with Crippen molar-refractivity contribution >= 4 is 23.2 Å². The van der Waals surface area contributed by atoms with Crippen LogP contribution in [0.4, 0.5) is 4.39 Å². The summed E-state index contributed by atoms with van der Waals surface area (Å²) in [6, 6.07) is 1.07. The van der Waals surface area contributed by atoms with E-state index in [2.05, 4.69) is 4.98 Å². The molecule has 0 aliphatic heterocycles. The Morgan fingerprint density at radius 1 is 1.50 bits per heavy atom. The molecule has 0 aromatic carbocycles. The maximum Gasteiger partial charge on any atom is 0.166 e. The van der Waals surface area contributed by atoms with Gasteiger partial charge in [-0.05, 0) is 19.0 Å². The summed E-state index contributed by atoms with van der Waals surface area (Å²) in [7, 11) is 0. The third-order valence-corrected chi connectivity index (χ3v) is 2.28. The average Bonchev–Trinajstić information content (AvgIpc) is 2.11. The minimum absolute atomic E-state index is 0.00245. The van der Waals surface area contributed by atoms with E-state index >= 15 is 0 Å². The number of hydrogen-bond acceptors (Lipinski definition) is 3. The van der Waals surface area contributed by atoms with Crippen LogP contribution in [0.2, 0.25) is 10.3 Å². The Morgan fingerprint density at radius 3 is 2.71 bits per heavy atom. The molecular formula is C8H9Cl2FN2O. The fourth-order valence-electron chi connectivity index (χ4n) is 1.01. The lowest BCUT2D eigenvalue weighted by Gasteiger charge is -2.11. The Balaban J connectivity index is 3.02. The summed E-state index contributed by atoms with van der Waals surface area (Å²) in [6.07, 6.45) is -0.616. The number of pyridine rings is 1. The highest BCUT2D eigenvalue weighted by Crippen LogP contribution is 2.26. The first kappa shape index (κ1) is 11.7. The summed E-state index contributed by atoms with van der Waals surface area (Å²) in [4.78, 5) is 3.53. The summed E-state index contributed by atoms with van der Waals surface area (Å²) >= 11 is 11.1. The summed E-state index contributed by atoms with van der Waals surface area (Å²) in [6.45, 7) is 0.280. The van der Waals surface area contributed by atoms with E-state index < -0.39 is 11.9 Å². The summed E-state index contributed by atoms with van der Waals surface area (Å²) in [5.41, 5.74) is 5.45. The summed E-state index contributed by atoms with van der Waals surface area (Å²) in [5.74, 6) is -0.706. The molecule has 1 aromatic rings. The molecule has 14 heavy (non-hydrogen) atoms. The minimum atomic E-state index is -0.910. The molecule has 1 aromatic heterocycles. The van der Waals surface area contributed by atoms with Crippen molar-refractivity contribution in [3.63, 3.8) is 0 Å². The molecule has 0 amide bonds. The molecule has 0 aliphatic rings. The molecule has 1 rings (SSSR count). The molecule has 0 fully saturated rings. The molecule has 0 saturated heterocycles. The monoisotopic (exact) mass is 238 g/mol. The molecule has 0 radical (unpaired) electrons. The number of rotatable bonds is 3. The highest BCUT2D eigenvalue weighted by atomic mass is 35.5. The van der Waals surface area contributed by atoms with Crippen molar-refractivity contribution in [1.29, 1.82) is 0 Å². The molecule has 0 saturated carbocycles. The highest BCUT2D eigenvalue weighted by molar-refractivity contribution is 6.32.